The molecule has 0 saturated heterocycles. The van der Waals surface area contributed by atoms with Crippen LogP contribution in [-0.4, -0.2) is 4.98 Å². The van der Waals surface area contributed by atoms with Crippen LogP contribution in [0.2, 0.25) is 0 Å². The molecule has 1 heterocycles. The number of H-pyrrole nitrogens is 2. The smallest absolute Gasteiger partial charge is 0.231 e. The number of thioether (sulfide) groups is 1. The number of aromatic amines is 2. The fourth-order valence-electron chi connectivity index (χ4n) is 1.78. The number of rotatable bonds is 3. The van der Waals surface area contributed by atoms with Crippen molar-refractivity contribution in [1.29, 1.82) is 0 Å². The van der Waals surface area contributed by atoms with Crippen LogP contribution in [0, 0.1) is 0 Å². The Labute approximate surface area is 104 Å². The first-order valence-corrected chi connectivity index (χ1v) is 6.57. The Bertz CT molecular complexity index is 583. The van der Waals surface area contributed by atoms with Crippen LogP contribution in [-0.2, 0) is 5.75 Å². The highest BCUT2D eigenvalue weighted by Gasteiger charge is 2.09. The van der Waals surface area contributed by atoms with Gasteiger partial charge in [-0.05, 0) is 29.5 Å². The molecular formula is C14H13N2S+. The highest BCUT2D eigenvalue weighted by molar-refractivity contribution is 7.98. The van der Waals surface area contributed by atoms with E-state index in [9.17, 15) is 0 Å². The predicted molar refractivity (Wildman–Crippen MR) is 70.9 cm³/mol. The molecule has 17 heavy (non-hydrogen) atoms. The molecule has 0 aliphatic rings. The van der Waals surface area contributed by atoms with E-state index < -0.39 is 0 Å². The van der Waals surface area contributed by atoms with E-state index in [1.54, 1.807) is 11.8 Å². The summed E-state index contributed by atoms with van der Waals surface area (Å²) >= 11 is 1.79. The van der Waals surface area contributed by atoms with Crippen molar-refractivity contribution in [2.75, 3.05) is 0 Å². The van der Waals surface area contributed by atoms with Crippen molar-refractivity contribution in [2.45, 2.75) is 10.9 Å². The van der Waals surface area contributed by atoms with E-state index in [1.165, 1.54) is 5.56 Å². The second kappa shape index (κ2) is 4.63. The summed E-state index contributed by atoms with van der Waals surface area (Å²) in [5.41, 5.74) is 3.65. The lowest BCUT2D eigenvalue weighted by molar-refractivity contribution is -0.396. The van der Waals surface area contributed by atoms with Gasteiger partial charge in [-0.25, -0.2) is 9.97 Å². The van der Waals surface area contributed by atoms with Crippen LogP contribution in [0.1, 0.15) is 5.56 Å². The number of imidazole rings is 1. The van der Waals surface area contributed by atoms with Crippen molar-refractivity contribution in [3.63, 3.8) is 0 Å². The van der Waals surface area contributed by atoms with Crippen molar-refractivity contribution in [1.82, 2.24) is 4.98 Å². The molecule has 0 unspecified atom stereocenters. The fourth-order valence-corrected chi connectivity index (χ4v) is 2.65. The zero-order valence-corrected chi connectivity index (χ0v) is 10.1. The summed E-state index contributed by atoms with van der Waals surface area (Å²) in [5, 5.41) is 1.11. The van der Waals surface area contributed by atoms with Gasteiger partial charge in [-0.3, -0.25) is 0 Å². The molecular weight excluding hydrogens is 228 g/mol. The topological polar surface area (TPSA) is 29.9 Å². The van der Waals surface area contributed by atoms with Crippen molar-refractivity contribution < 1.29 is 4.98 Å². The molecule has 0 saturated carbocycles. The summed E-state index contributed by atoms with van der Waals surface area (Å²) in [5.74, 6) is 0.976. The Morgan fingerprint density at radius 2 is 1.71 bits per heavy atom. The molecule has 3 aromatic rings. The lowest BCUT2D eigenvalue weighted by atomic mass is 10.2. The highest BCUT2D eigenvalue weighted by Crippen LogP contribution is 2.19. The van der Waals surface area contributed by atoms with Crippen LogP contribution >= 0.6 is 11.8 Å². The molecule has 0 aliphatic carbocycles. The van der Waals surface area contributed by atoms with Gasteiger partial charge in [0, 0.05) is 5.75 Å². The maximum atomic E-state index is 3.37. The molecule has 0 aliphatic heterocycles. The van der Waals surface area contributed by atoms with E-state index in [0.717, 1.165) is 21.9 Å². The summed E-state index contributed by atoms with van der Waals surface area (Å²) < 4.78 is 0. The molecule has 1 aromatic heterocycles. The average molecular weight is 241 g/mol. The van der Waals surface area contributed by atoms with Gasteiger partial charge in [0.2, 0.25) is 0 Å². The largest absolute Gasteiger partial charge is 0.314 e. The van der Waals surface area contributed by atoms with Crippen LogP contribution < -0.4 is 4.98 Å². The molecule has 0 fully saturated rings. The first kappa shape index (κ1) is 10.4. The molecule has 84 valence electrons. The number of aromatic nitrogens is 2. The molecule has 0 spiro atoms. The zero-order valence-electron chi connectivity index (χ0n) is 9.31. The summed E-state index contributed by atoms with van der Waals surface area (Å²) in [6.07, 6.45) is 0. The molecule has 2 aromatic carbocycles. The Kier molecular flexibility index (Phi) is 2.84. The third-order valence-electron chi connectivity index (χ3n) is 2.65. The Hall–Kier alpha value is -1.74. The second-order valence-electron chi connectivity index (χ2n) is 3.90. The van der Waals surface area contributed by atoms with Gasteiger partial charge >= 0.3 is 5.16 Å². The van der Waals surface area contributed by atoms with Gasteiger partial charge in [0.05, 0.1) is 0 Å². The second-order valence-corrected chi connectivity index (χ2v) is 4.88. The zero-order chi connectivity index (χ0) is 11.5. The highest BCUT2D eigenvalue weighted by atomic mass is 32.2. The monoisotopic (exact) mass is 241 g/mol. The standard InChI is InChI=1S/C14H12N2S/c1-2-6-11(7-3-1)10-17-14-15-12-8-4-5-9-13(12)16-14/h1-9H,10H2,(H,15,16)/p+1. The van der Waals surface area contributed by atoms with Gasteiger partial charge in [-0.15, -0.1) is 0 Å². The summed E-state index contributed by atoms with van der Waals surface area (Å²) in [6, 6.07) is 18.7. The third-order valence-corrected chi connectivity index (χ3v) is 3.62. The van der Waals surface area contributed by atoms with E-state index in [2.05, 4.69) is 46.4 Å². The molecule has 3 heteroatoms. The van der Waals surface area contributed by atoms with Gasteiger partial charge < -0.3 is 0 Å². The van der Waals surface area contributed by atoms with Crippen LogP contribution in [0.25, 0.3) is 11.0 Å². The Morgan fingerprint density at radius 1 is 0.941 bits per heavy atom. The molecule has 0 radical (unpaired) electrons. The minimum atomic E-state index is 0.976. The van der Waals surface area contributed by atoms with E-state index >= 15 is 0 Å². The normalized spacial score (nSPS) is 10.8. The molecule has 0 bridgehead atoms. The predicted octanol–water partition coefficient (Wildman–Crippen LogP) is 3.27. The van der Waals surface area contributed by atoms with Gasteiger partial charge in [-0.2, -0.15) is 0 Å². The van der Waals surface area contributed by atoms with Crippen molar-refractivity contribution >= 4 is 22.8 Å². The number of hydrogen-bond acceptors (Lipinski definition) is 1. The molecule has 3 rings (SSSR count). The molecule has 0 atom stereocenters. The lowest BCUT2D eigenvalue weighted by Gasteiger charge is -1.94. The van der Waals surface area contributed by atoms with Gasteiger partial charge in [-0.1, -0.05) is 42.5 Å². The van der Waals surface area contributed by atoms with E-state index in [4.69, 9.17) is 0 Å². The van der Waals surface area contributed by atoms with Crippen molar-refractivity contribution in [2.24, 2.45) is 0 Å². The minimum Gasteiger partial charge on any atom is -0.231 e. The lowest BCUT2D eigenvalue weighted by Crippen LogP contribution is -2.00. The first-order valence-electron chi connectivity index (χ1n) is 5.58. The van der Waals surface area contributed by atoms with E-state index in [1.807, 2.05) is 18.2 Å². The van der Waals surface area contributed by atoms with Gasteiger partial charge in [0.1, 0.15) is 0 Å². The maximum Gasteiger partial charge on any atom is 0.314 e. The summed E-state index contributed by atoms with van der Waals surface area (Å²) in [6.45, 7) is 0. The van der Waals surface area contributed by atoms with Crippen molar-refractivity contribution in [3.05, 3.63) is 60.2 Å². The number of para-hydroxylation sites is 2. The van der Waals surface area contributed by atoms with Crippen LogP contribution in [0.15, 0.2) is 59.8 Å². The summed E-state index contributed by atoms with van der Waals surface area (Å²) in [4.78, 5) is 6.75. The van der Waals surface area contributed by atoms with Gasteiger partial charge in [0.15, 0.2) is 11.0 Å². The number of benzene rings is 2. The number of nitrogens with one attached hydrogen (secondary N) is 2. The van der Waals surface area contributed by atoms with E-state index in [-0.39, 0.29) is 0 Å². The minimum absolute atomic E-state index is 0.976. The van der Waals surface area contributed by atoms with Gasteiger partial charge in [0.25, 0.3) is 0 Å². The SMILES string of the molecule is c1ccc(CSc2[nH]c3ccccc3[nH+]2)cc1. The van der Waals surface area contributed by atoms with Crippen LogP contribution in [0.3, 0.4) is 0 Å². The number of fused-ring (bicyclic) bond motifs is 1. The average Bonchev–Trinajstić information content (AvgIpc) is 2.80. The third kappa shape index (κ3) is 2.34. The quantitative estimate of drug-likeness (QED) is 0.701. The number of hydrogen-bond donors (Lipinski definition) is 1. The maximum absolute atomic E-state index is 3.37. The molecule has 2 nitrogen and oxygen atoms in total. The first-order chi connectivity index (χ1) is 8.42. The van der Waals surface area contributed by atoms with Crippen molar-refractivity contribution in [3.8, 4) is 0 Å². The Balaban J connectivity index is 1.77. The van der Waals surface area contributed by atoms with Crippen LogP contribution in [0.5, 0.6) is 0 Å². The summed E-state index contributed by atoms with van der Waals surface area (Å²) in [7, 11) is 0. The molecule has 0 amide bonds. The van der Waals surface area contributed by atoms with E-state index in [0.29, 0.717) is 0 Å². The molecule has 2 N–H and O–H groups in total. The van der Waals surface area contributed by atoms with Crippen LogP contribution in [0.4, 0.5) is 0 Å². The fraction of sp³-hybridized carbons (Fsp3) is 0.0714. The Morgan fingerprint density at radius 3 is 2.53 bits per heavy atom.